The first kappa shape index (κ1) is 14.3. The first-order valence-corrected chi connectivity index (χ1v) is 7.11. The Balaban J connectivity index is 2.61. The molecule has 0 bridgehead atoms. The standard InChI is InChI=1S/C16H24FNO/c1-11(18)16(2)8-6-4-5-7-13-14(16)9-12(19-3)10-15(13)17/h9-11H,4-8,18H2,1-3H3. The molecule has 1 aliphatic carbocycles. The number of rotatable bonds is 2. The number of hydrogen-bond donors (Lipinski definition) is 1. The summed E-state index contributed by atoms with van der Waals surface area (Å²) in [6, 6.07) is 3.46. The first-order valence-electron chi connectivity index (χ1n) is 7.11. The van der Waals surface area contributed by atoms with E-state index in [2.05, 4.69) is 6.92 Å². The van der Waals surface area contributed by atoms with E-state index in [1.54, 1.807) is 7.11 Å². The van der Waals surface area contributed by atoms with Gasteiger partial charge in [-0.15, -0.1) is 0 Å². The summed E-state index contributed by atoms with van der Waals surface area (Å²) in [5.74, 6) is 0.437. The molecule has 1 aromatic carbocycles. The molecule has 0 saturated heterocycles. The number of ether oxygens (including phenoxy) is 1. The van der Waals surface area contributed by atoms with Crippen LogP contribution in [0.4, 0.5) is 4.39 Å². The fourth-order valence-electron chi connectivity index (χ4n) is 3.07. The van der Waals surface area contributed by atoms with Crippen molar-refractivity contribution < 1.29 is 9.13 Å². The van der Waals surface area contributed by atoms with Gasteiger partial charge in [-0.2, -0.15) is 0 Å². The predicted molar refractivity (Wildman–Crippen MR) is 76.1 cm³/mol. The molecule has 1 aliphatic rings. The van der Waals surface area contributed by atoms with Gasteiger partial charge in [0.05, 0.1) is 7.11 Å². The van der Waals surface area contributed by atoms with Gasteiger partial charge in [0, 0.05) is 17.5 Å². The third-order valence-electron chi connectivity index (χ3n) is 4.65. The second kappa shape index (κ2) is 5.49. The molecule has 1 aromatic rings. The van der Waals surface area contributed by atoms with Gasteiger partial charge in [-0.05, 0) is 43.4 Å². The molecule has 2 atom stereocenters. The van der Waals surface area contributed by atoms with Crippen LogP contribution in [0.15, 0.2) is 12.1 Å². The Bertz CT molecular complexity index is 458. The summed E-state index contributed by atoms with van der Waals surface area (Å²) in [6.45, 7) is 4.17. The van der Waals surface area contributed by atoms with E-state index in [0.29, 0.717) is 5.75 Å². The summed E-state index contributed by atoms with van der Waals surface area (Å²) in [7, 11) is 1.58. The van der Waals surface area contributed by atoms with E-state index in [9.17, 15) is 4.39 Å². The molecular weight excluding hydrogens is 241 g/mol. The molecule has 0 heterocycles. The van der Waals surface area contributed by atoms with Crippen LogP contribution >= 0.6 is 0 Å². The van der Waals surface area contributed by atoms with E-state index < -0.39 is 0 Å². The Labute approximate surface area is 115 Å². The number of fused-ring (bicyclic) bond motifs is 1. The average molecular weight is 265 g/mol. The Morgan fingerprint density at radius 1 is 1.32 bits per heavy atom. The van der Waals surface area contributed by atoms with Crippen LogP contribution in [-0.2, 0) is 11.8 Å². The van der Waals surface area contributed by atoms with Crippen LogP contribution in [0.5, 0.6) is 5.75 Å². The van der Waals surface area contributed by atoms with E-state index in [1.807, 2.05) is 13.0 Å². The van der Waals surface area contributed by atoms with Crippen LogP contribution in [0.1, 0.15) is 50.7 Å². The van der Waals surface area contributed by atoms with Crippen LogP contribution in [0.2, 0.25) is 0 Å². The van der Waals surface area contributed by atoms with Gasteiger partial charge in [-0.1, -0.05) is 19.8 Å². The summed E-state index contributed by atoms with van der Waals surface area (Å²) < 4.78 is 19.5. The third-order valence-corrected chi connectivity index (χ3v) is 4.65. The topological polar surface area (TPSA) is 35.2 Å². The van der Waals surface area contributed by atoms with Gasteiger partial charge in [0.2, 0.25) is 0 Å². The summed E-state index contributed by atoms with van der Waals surface area (Å²) in [4.78, 5) is 0. The number of methoxy groups -OCH3 is 1. The van der Waals surface area contributed by atoms with Crippen molar-refractivity contribution in [2.45, 2.75) is 57.4 Å². The number of hydrogen-bond acceptors (Lipinski definition) is 2. The fourth-order valence-corrected chi connectivity index (χ4v) is 3.07. The average Bonchev–Trinajstić information content (AvgIpc) is 2.36. The first-order chi connectivity index (χ1) is 8.99. The van der Waals surface area contributed by atoms with Gasteiger partial charge < -0.3 is 10.5 Å². The van der Waals surface area contributed by atoms with E-state index >= 15 is 0 Å². The summed E-state index contributed by atoms with van der Waals surface area (Å²) in [5.41, 5.74) is 7.91. The molecule has 19 heavy (non-hydrogen) atoms. The van der Waals surface area contributed by atoms with E-state index in [0.717, 1.165) is 43.2 Å². The minimum Gasteiger partial charge on any atom is -0.497 e. The van der Waals surface area contributed by atoms with Gasteiger partial charge in [0.15, 0.2) is 0 Å². The zero-order valence-electron chi connectivity index (χ0n) is 12.1. The Hall–Kier alpha value is -1.09. The van der Waals surface area contributed by atoms with Crippen LogP contribution in [0.25, 0.3) is 0 Å². The van der Waals surface area contributed by atoms with Gasteiger partial charge in [0.25, 0.3) is 0 Å². The second-order valence-electron chi connectivity index (χ2n) is 5.90. The monoisotopic (exact) mass is 265 g/mol. The largest absolute Gasteiger partial charge is 0.497 e. The van der Waals surface area contributed by atoms with E-state index in [1.165, 1.54) is 6.07 Å². The molecule has 0 saturated carbocycles. The van der Waals surface area contributed by atoms with Crippen molar-refractivity contribution in [3.63, 3.8) is 0 Å². The van der Waals surface area contributed by atoms with Crippen molar-refractivity contribution in [1.82, 2.24) is 0 Å². The number of benzene rings is 1. The molecule has 2 N–H and O–H groups in total. The highest BCUT2D eigenvalue weighted by atomic mass is 19.1. The molecule has 2 unspecified atom stereocenters. The maximum absolute atomic E-state index is 14.3. The zero-order chi connectivity index (χ0) is 14.0. The fraction of sp³-hybridized carbons (Fsp3) is 0.625. The van der Waals surface area contributed by atoms with Gasteiger partial charge >= 0.3 is 0 Å². The molecule has 0 radical (unpaired) electrons. The van der Waals surface area contributed by atoms with Crippen molar-refractivity contribution >= 4 is 0 Å². The maximum atomic E-state index is 14.3. The van der Waals surface area contributed by atoms with Crippen molar-refractivity contribution in [2.75, 3.05) is 7.11 Å². The van der Waals surface area contributed by atoms with Crippen molar-refractivity contribution in [2.24, 2.45) is 5.73 Å². The zero-order valence-corrected chi connectivity index (χ0v) is 12.1. The highest BCUT2D eigenvalue weighted by molar-refractivity contribution is 5.43. The smallest absolute Gasteiger partial charge is 0.130 e. The Kier molecular flexibility index (Phi) is 4.14. The molecule has 0 spiro atoms. The lowest BCUT2D eigenvalue weighted by molar-refractivity contribution is 0.333. The molecule has 106 valence electrons. The Morgan fingerprint density at radius 2 is 2.05 bits per heavy atom. The van der Waals surface area contributed by atoms with Crippen molar-refractivity contribution in [1.29, 1.82) is 0 Å². The molecule has 3 heteroatoms. The molecule has 2 rings (SSSR count). The highest BCUT2D eigenvalue weighted by Crippen LogP contribution is 2.40. The Morgan fingerprint density at radius 3 is 2.68 bits per heavy atom. The summed E-state index contributed by atoms with van der Waals surface area (Å²) in [5, 5.41) is 0. The minimum atomic E-state index is -0.175. The normalized spacial score (nSPS) is 25.1. The second-order valence-corrected chi connectivity index (χ2v) is 5.90. The molecule has 0 amide bonds. The quantitative estimate of drug-likeness (QED) is 0.887. The summed E-state index contributed by atoms with van der Waals surface area (Å²) in [6.07, 6.45) is 5.15. The number of nitrogens with two attached hydrogens (primary N) is 1. The van der Waals surface area contributed by atoms with Gasteiger partial charge in [-0.3, -0.25) is 0 Å². The lowest BCUT2D eigenvalue weighted by atomic mass is 9.69. The predicted octanol–water partition coefficient (Wildman–Crippen LogP) is 3.56. The van der Waals surface area contributed by atoms with Crippen LogP contribution in [0.3, 0.4) is 0 Å². The lowest BCUT2D eigenvalue weighted by Crippen LogP contribution is -2.42. The molecule has 2 nitrogen and oxygen atoms in total. The van der Waals surface area contributed by atoms with Crippen LogP contribution in [0, 0.1) is 5.82 Å². The van der Waals surface area contributed by atoms with Crippen LogP contribution < -0.4 is 10.5 Å². The molecule has 0 aliphatic heterocycles. The highest BCUT2D eigenvalue weighted by Gasteiger charge is 2.35. The minimum absolute atomic E-state index is 0.00384. The lowest BCUT2D eigenvalue weighted by Gasteiger charge is -2.37. The number of halogens is 1. The third kappa shape index (κ3) is 2.62. The molecule has 0 aromatic heterocycles. The van der Waals surface area contributed by atoms with Crippen LogP contribution in [-0.4, -0.2) is 13.2 Å². The molecular formula is C16H24FNO. The SMILES string of the molecule is COc1cc(F)c2c(c1)C(C)(C(C)N)CCCCC2. The van der Waals surface area contributed by atoms with Gasteiger partial charge in [-0.25, -0.2) is 4.39 Å². The summed E-state index contributed by atoms with van der Waals surface area (Å²) >= 11 is 0. The van der Waals surface area contributed by atoms with Gasteiger partial charge in [0.1, 0.15) is 11.6 Å². The van der Waals surface area contributed by atoms with Crippen molar-refractivity contribution in [3.8, 4) is 5.75 Å². The molecule has 0 fully saturated rings. The van der Waals surface area contributed by atoms with E-state index in [4.69, 9.17) is 10.5 Å². The van der Waals surface area contributed by atoms with E-state index in [-0.39, 0.29) is 17.3 Å². The maximum Gasteiger partial charge on any atom is 0.130 e. The van der Waals surface area contributed by atoms with Crippen molar-refractivity contribution in [3.05, 3.63) is 29.1 Å².